The summed E-state index contributed by atoms with van der Waals surface area (Å²) < 4.78 is 66.3. The molecular weight excluding hydrogens is 418 g/mol. The highest BCUT2D eigenvalue weighted by atomic mass is 32.2. The van der Waals surface area contributed by atoms with Crippen molar-refractivity contribution in [3.05, 3.63) is 18.2 Å². The molecule has 0 radical (unpaired) electrons. The number of hydrogen-bond acceptors (Lipinski definition) is 6. The fourth-order valence-electron chi connectivity index (χ4n) is 3.27. The lowest BCUT2D eigenvalue weighted by molar-refractivity contribution is 0.253. The van der Waals surface area contributed by atoms with Crippen LogP contribution in [0.5, 0.6) is 11.5 Å². The van der Waals surface area contributed by atoms with Crippen molar-refractivity contribution in [2.24, 2.45) is 0 Å². The Kier molecular flexibility index (Phi) is 8.29. The summed E-state index contributed by atoms with van der Waals surface area (Å²) in [5, 5.41) is 0. The Balaban J connectivity index is 2.15. The van der Waals surface area contributed by atoms with E-state index in [1.807, 2.05) is 13.8 Å². The molecule has 0 amide bonds. The molecule has 1 aromatic rings. The molecule has 0 saturated carbocycles. The molecule has 11 heteroatoms. The van der Waals surface area contributed by atoms with Crippen LogP contribution >= 0.6 is 0 Å². The Morgan fingerprint density at radius 1 is 0.862 bits per heavy atom. The molecular formula is C18H31N3O6S2. The minimum absolute atomic E-state index is 0.0880. The summed E-state index contributed by atoms with van der Waals surface area (Å²) >= 11 is 0. The maximum atomic E-state index is 13.0. The summed E-state index contributed by atoms with van der Waals surface area (Å²) in [4.78, 5) is 0.0880. The number of benzene rings is 1. The Hall–Kier alpha value is -1.40. The molecule has 1 fully saturated rings. The first-order valence-corrected chi connectivity index (χ1v) is 12.5. The van der Waals surface area contributed by atoms with E-state index in [0.29, 0.717) is 24.6 Å². The van der Waals surface area contributed by atoms with Crippen LogP contribution < -0.4 is 9.47 Å². The monoisotopic (exact) mass is 449 g/mol. The van der Waals surface area contributed by atoms with Crippen LogP contribution in [0.25, 0.3) is 0 Å². The molecule has 2 rings (SSSR count). The molecule has 1 aromatic carbocycles. The molecule has 1 aliphatic heterocycles. The first-order valence-electron chi connectivity index (χ1n) is 9.69. The molecule has 0 aromatic heterocycles. The Labute approximate surface area is 174 Å². The lowest BCUT2D eigenvalue weighted by Crippen LogP contribution is -2.54. The highest BCUT2D eigenvalue weighted by Crippen LogP contribution is 2.31. The summed E-state index contributed by atoms with van der Waals surface area (Å²) in [5.41, 5.74) is 0. The van der Waals surface area contributed by atoms with Gasteiger partial charge >= 0.3 is 0 Å². The van der Waals surface area contributed by atoms with Gasteiger partial charge < -0.3 is 9.47 Å². The van der Waals surface area contributed by atoms with E-state index >= 15 is 0 Å². The summed E-state index contributed by atoms with van der Waals surface area (Å²) in [6, 6.07) is 4.42. The number of rotatable bonds is 10. The van der Waals surface area contributed by atoms with Crippen molar-refractivity contribution < 1.29 is 26.3 Å². The predicted octanol–water partition coefficient (Wildman–Crippen LogP) is 1.38. The summed E-state index contributed by atoms with van der Waals surface area (Å²) in [6.07, 6.45) is 1.46. The fourth-order valence-corrected chi connectivity index (χ4v) is 6.49. The average Bonchev–Trinajstić information content (AvgIpc) is 2.73. The van der Waals surface area contributed by atoms with Gasteiger partial charge in [-0.3, -0.25) is 0 Å². The van der Waals surface area contributed by atoms with Crippen molar-refractivity contribution in [2.45, 2.75) is 31.6 Å². The van der Waals surface area contributed by atoms with Gasteiger partial charge in [0.1, 0.15) is 0 Å². The average molecular weight is 450 g/mol. The molecule has 1 heterocycles. The molecule has 1 saturated heterocycles. The number of hydrogen-bond donors (Lipinski definition) is 0. The molecule has 0 bridgehead atoms. The quantitative estimate of drug-likeness (QED) is 0.535. The van der Waals surface area contributed by atoms with Gasteiger partial charge in [0.15, 0.2) is 11.5 Å². The second-order valence-electron chi connectivity index (χ2n) is 6.73. The maximum Gasteiger partial charge on any atom is 0.282 e. The molecule has 0 atom stereocenters. The molecule has 1 aliphatic rings. The molecule has 0 aliphatic carbocycles. The third-order valence-corrected chi connectivity index (χ3v) is 8.72. The Morgan fingerprint density at radius 2 is 1.38 bits per heavy atom. The molecule has 0 unspecified atom stereocenters. The highest BCUT2D eigenvalue weighted by Gasteiger charge is 2.35. The fraction of sp³-hybridized carbons (Fsp3) is 0.667. The van der Waals surface area contributed by atoms with Crippen molar-refractivity contribution >= 4 is 20.2 Å². The van der Waals surface area contributed by atoms with E-state index in [-0.39, 0.29) is 31.1 Å². The van der Waals surface area contributed by atoms with Gasteiger partial charge in [-0.25, -0.2) is 8.42 Å². The van der Waals surface area contributed by atoms with E-state index in [4.69, 9.17) is 9.47 Å². The van der Waals surface area contributed by atoms with Gasteiger partial charge in [0.05, 0.1) is 19.1 Å². The lowest BCUT2D eigenvalue weighted by Gasteiger charge is -2.36. The molecule has 9 nitrogen and oxygen atoms in total. The number of ether oxygens (including phenoxy) is 2. The third-order valence-electron chi connectivity index (χ3n) is 4.79. The molecule has 0 N–H and O–H groups in total. The van der Waals surface area contributed by atoms with Crippen LogP contribution in [-0.2, 0) is 20.2 Å². The van der Waals surface area contributed by atoms with Gasteiger partial charge in [-0.15, -0.1) is 0 Å². The zero-order valence-electron chi connectivity index (χ0n) is 17.5. The Bertz CT molecular complexity index is 875. The second kappa shape index (κ2) is 10.1. The van der Waals surface area contributed by atoms with Gasteiger partial charge in [0.25, 0.3) is 10.2 Å². The molecule has 166 valence electrons. The highest BCUT2D eigenvalue weighted by molar-refractivity contribution is 7.89. The van der Waals surface area contributed by atoms with Crippen LogP contribution in [0.2, 0.25) is 0 Å². The lowest BCUT2D eigenvalue weighted by atomic mass is 10.3. The van der Waals surface area contributed by atoms with Gasteiger partial charge in [0.2, 0.25) is 10.0 Å². The third kappa shape index (κ3) is 5.21. The minimum atomic E-state index is -3.77. The van der Waals surface area contributed by atoms with E-state index in [1.165, 1.54) is 39.3 Å². The second-order valence-corrected chi connectivity index (χ2v) is 10.6. The SMILES string of the molecule is CCCN(CCC)S(=O)(=O)N1CCN(S(=O)(=O)c2ccc(OC)c(OC)c2)CC1. The van der Waals surface area contributed by atoms with E-state index in [1.54, 1.807) is 6.07 Å². The zero-order valence-corrected chi connectivity index (χ0v) is 19.1. The van der Waals surface area contributed by atoms with Gasteiger partial charge in [-0.1, -0.05) is 13.8 Å². The molecule has 29 heavy (non-hydrogen) atoms. The van der Waals surface area contributed by atoms with E-state index in [9.17, 15) is 16.8 Å². The molecule has 0 spiro atoms. The summed E-state index contributed by atoms with van der Waals surface area (Å²) in [7, 11) is -4.44. The smallest absolute Gasteiger partial charge is 0.282 e. The van der Waals surface area contributed by atoms with Crippen LogP contribution in [0.1, 0.15) is 26.7 Å². The van der Waals surface area contributed by atoms with Crippen LogP contribution in [0.15, 0.2) is 23.1 Å². The van der Waals surface area contributed by atoms with Gasteiger partial charge in [-0.05, 0) is 25.0 Å². The number of methoxy groups -OCH3 is 2. The minimum Gasteiger partial charge on any atom is -0.493 e. The van der Waals surface area contributed by atoms with Crippen molar-refractivity contribution in [2.75, 3.05) is 53.5 Å². The first-order chi connectivity index (χ1) is 13.7. The van der Waals surface area contributed by atoms with Crippen molar-refractivity contribution in [1.82, 2.24) is 12.9 Å². The largest absolute Gasteiger partial charge is 0.493 e. The zero-order chi connectivity index (χ0) is 21.7. The Morgan fingerprint density at radius 3 is 1.86 bits per heavy atom. The summed E-state index contributed by atoms with van der Waals surface area (Å²) in [6.45, 7) is 5.24. The summed E-state index contributed by atoms with van der Waals surface area (Å²) in [5.74, 6) is 0.763. The number of sulfonamides is 1. The van der Waals surface area contributed by atoms with Crippen molar-refractivity contribution in [1.29, 1.82) is 0 Å². The first kappa shape index (κ1) is 23.9. The normalized spacial score (nSPS) is 16.9. The van der Waals surface area contributed by atoms with Crippen LogP contribution in [-0.4, -0.2) is 83.2 Å². The number of piperazine rings is 1. The van der Waals surface area contributed by atoms with Crippen LogP contribution in [0.4, 0.5) is 0 Å². The van der Waals surface area contributed by atoms with E-state index in [0.717, 1.165) is 12.8 Å². The topological polar surface area (TPSA) is 96.5 Å². The predicted molar refractivity (Wildman–Crippen MR) is 111 cm³/mol. The maximum absolute atomic E-state index is 13.0. The van der Waals surface area contributed by atoms with E-state index < -0.39 is 20.2 Å². The van der Waals surface area contributed by atoms with Crippen molar-refractivity contribution in [3.8, 4) is 11.5 Å². The standard InChI is InChI=1S/C18H31N3O6S2/c1-5-9-20(10-6-2)29(24,25)21-13-11-19(12-14-21)28(22,23)16-7-8-17(26-3)18(15-16)27-4/h7-8,15H,5-6,9-14H2,1-4H3. The number of nitrogens with zero attached hydrogens (tertiary/aromatic N) is 3. The van der Waals surface area contributed by atoms with Crippen LogP contribution in [0.3, 0.4) is 0 Å². The van der Waals surface area contributed by atoms with Gasteiger partial charge in [0, 0.05) is 45.3 Å². The van der Waals surface area contributed by atoms with Gasteiger partial charge in [-0.2, -0.15) is 21.3 Å². The van der Waals surface area contributed by atoms with Crippen molar-refractivity contribution in [3.63, 3.8) is 0 Å². The van der Waals surface area contributed by atoms with Crippen LogP contribution in [0, 0.1) is 0 Å². The van der Waals surface area contributed by atoms with E-state index in [2.05, 4.69) is 0 Å².